The highest BCUT2D eigenvalue weighted by Gasteiger charge is 2.47. The zero-order valence-electron chi connectivity index (χ0n) is 19.2. The molecule has 1 fully saturated rings. The van der Waals surface area contributed by atoms with Gasteiger partial charge >= 0.3 is 5.91 Å². The number of hydrogen-bond donors (Lipinski definition) is 2. The largest absolute Gasteiger partial charge is 0.497 e. The Morgan fingerprint density at radius 1 is 1.03 bits per heavy atom. The monoisotopic (exact) mass is 477 g/mol. The lowest BCUT2D eigenvalue weighted by atomic mass is 9.99. The third-order valence-electron chi connectivity index (χ3n) is 5.69. The van der Waals surface area contributed by atoms with E-state index in [1.54, 1.807) is 36.1 Å². The minimum absolute atomic E-state index is 0.302. The summed E-state index contributed by atoms with van der Waals surface area (Å²) in [6.45, 7) is 0. The number of hydrogen-bond acceptors (Lipinski definition) is 4. The Bertz CT molecular complexity index is 1210. The van der Waals surface area contributed by atoms with Crippen LogP contribution in [0.15, 0.2) is 72.8 Å². The Hall–Kier alpha value is -3.84. The lowest BCUT2D eigenvalue weighted by Gasteiger charge is -2.15. The fraction of sp³-hybridized carbons (Fsp3) is 0.192. The number of anilines is 1. The van der Waals surface area contributed by atoms with Crippen molar-refractivity contribution >= 4 is 35.3 Å². The van der Waals surface area contributed by atoms with Crippen LogP contribution >= 0.6 is 11.6 Å². The molecule has 0 radical (unpaired) electrons. The molecule has 0 bridgehead atoms. The van der Waals surface area contributed by atoms with Crippen molar-refractivity contribution in [2.45, 2.75) is 12.1 Å². The maximum Gasteiger partial charge on any atom is 0.304 e. The van der Waals surface area contributed by atoms with Gasteiger partial charge in [0.25, 0.3) is 5.91 Å². The molecule has 1 saturated heterocycles. The number of hydrazone groups is 1. The maximum absolute atomic E-state index is 13.0. The van der Waals surface area contributed by atoms with Gasteiger partial charge < -0.3 is 15.0 Å². The number of nitrogens with zero attached hydrogens (tertiary/aromatic N) is 2. The lowest BCUT2D eigenvalue weighted by molar-refractivity contribution is -0.596. The molecule has 3 aromatic carbocycles. The number of halogens is 1. The molecule has 0 unspecified atom stereocenters. The number of ether oxygens (including phenoxy) is 1. The minimum Gasteiger partial charge on any atom is -0.497 e. The Morgan fingerprint density at radius 2 is 1.68 bits per heavy atom. The van der Waals surface area contributed by atoms with Gasteiger partial charge in [-0.2, -0.15) is 0 Å². The molecular weight excluding hydrogens is 452 g/mol. The van der Waals surface area contributed by atoms with Gasteiger partial charge in [-0.25, -0.2) is 0 Å². The summed E-state index contributed by atoms with van der Waals surface area (Å²) >= 11 is 5.94. The fourth-order valence-corrected chi connectivity index (χ4v) is 3.95. The molecule has 0 aromatic heterocycles. The van der Waals surface area contributed by atoms with Gasteiger partial charge in [0.05, 0.1) is 7.11 Å². The van der Waals surface area contributed by atoms with Crippen LogP contribution in [0.25, 0.3) is 0 Å². The number of carbonyl (C=O) groups excluding carboxylic acids is 2. The zero-order chi connectivity index (χ0) is 24.2. The second kappa shape index (κ2) is 9.97. The van der Waals surface area contributed by atoms with Crippen molar-refractivity contribution < 1.29 is 19.0 Å². The van der Waals surface area contributed by atoms with Crippen LogP contribution < -0.4 is 20.4 Å². The average molecular weight is 478 g/mol. The predicted octanol–water partition coefficient (Wildman–Crippen LogP) is 3.43. The van der Waals surface area contributed by atoms with Crippen molar-refractivity contribution in [3.63, 3.8) is 0 Å². The molecule has 0 spiro atoms. The SMILES string of the molecule is COc1ccc([C@H]2[C@H](NC(=O)c3ccc(Cl)cc3)C(=O)N/[N+]2=C\c2ccc(N(C)C)cc2)cc1. The van der Waals surface area contributed by atoms with Crippen LogP contribution in [0.5, 0.6) is 5.75 Å². The highest BCUT2D eigenvalue weighted by Crippen LogP contribution is 2.27. The highest BCUT2D eigenvalue weighted by atomic mass is 35.5. The molecule has 2 N–H and O–H groups in total. The summed E-state index contributed by atoms with van der Waals surface area (Å²) < 4.78 is 7.01. The molecular formula is C26H26ClN4O3+. The van der Waals surface area contributed by atoms with E-state index >= 15 is 0 Å². The number of methoxy groups -OCH3 is 1. The molecule has 34 heavy (non-hydrogen) atoms. The van der Waals surface area contributed by atoms with Gasteiger partial charge in [-0.1, -0.05) is 11.6 Å². The number of benzene rings is 3. The summed E-state index contributed by atoms with van der Waals surface area (Å²) in [5.74, 6) is 0.0504. The number of hydrazine groups is 1. The van der Waals surface area contributed by atoms with Crippen molar-refractivity contribution in [2.24, 2.45) is 0 Å². The molecule has 7 nitrogen and oxygen atoms in total. The van der Waals surface area contributed by atoms with E-state index in [0.717, 1.165) is 16.8 Å². The Morgan fingerprint density at radius 3 is 2.26 bits per heavy atom. The van der Waals surface area contributed by atoms with E-state index in [1.807, 2.05) is 73.7 Å². The van der Waals surface area contributed by atoms with E-state index in [-0.39, 0.29) is 11.8 Å². The molecule has 0 saturated carbocycles. The zero-order valence-corrected chi connectivity index (χ0v) is 19.9. The van der Waals surface area contributed by atoms with Crippen LogP contribution in [0.1, 0.15) is 27.5 Å². The molecule has 1 heterocycles. The van der Waals surface area contributed by atoms with E-state index in [2.05, 4.69) is 10.7 Å². The molecule has 1 aliphatic rings. The summed E-state index contributed by atoms with van der Waals surface area (Å²) in [7, 11) is 5.56. The number of amides is 2. The normalized spacial score (nSPS) is 18.5. The summed E-state index contributed by atoms with van der Waals surface area (Å²) in [4.78, 5) is 27.9. The van der Waals surface area contributed by atoms with E-state index in [4.69, 9.17) is 16.3 Å². The molecule has 0 aliphatic carbocycles. The quantitative estimate of drug-likeness (QED) is 0.533. The van der Waals surface area contributed by atoms with Gasteiger partial charge in [0.1, 0.15) is 5.75 Å². The van der Waals surface area contributed by atoms with Gasteiger partial charge in [0, 0.05) is 41.5 Å². The molecule has 4 rings (SSSR count). The van der Waals surface area contributed by atoms with Gasteiger partial charge in [0.2, 0.25) is 12.3 Å². The fourth-order valence-electron chi connectivity index (χ4n) is 3.83. The first kappa shape index (κ1) is 23.3. The summed E-state index contributed by atoms with van der Waals surface area (Å²) in [6.07, 6.45) is 1.86. The van der Waals surface area contributed by atoms with Crippen LogP contribution in [0.4, 0.5) is 5.69 Å². The smallest absolute Gasteiger partial charge is 0.304 e. The van der Waals surface area contributed by atoms with Crippen molar-refractivity contribution in [1.29, 1.82) is 0 Å². The molecule has 2 amide bonds. The molecule has 174 valence electrons. The van der Waals surface area contributed by atoms with Crippen molar-refractivity contribution in [2.75, 3.05) is 26.1 Å². The molecule has 3 aromatic rings. The molecule has 8 heteroatoms. The van der Waals surface area contributed by atoms with Crippen LogP contribution in [-0.2, 0) is 4.79 Å². The predicted molar refractivity (Wildman–Crippen MR) is 133 cm³/mol. The van der Waals surface area contributed by atoms with Crippen LogP contribution in [0.2, 0.25) is 5.02 Å². The second-order valence-corrected chi connectivity index (χ2v) is 8.61. The van der Waals surface area contributed by atoms with E-state index < -0.39 is 12.1 Å². The second-order valence-electron chi connectivity index (χ2n) is 8.17. The Labute approximate surface area is 203 Å². The highest BCUT2D eigenvalue weighted by molar-refractivity contribution is 6.30. The Kier molecular flexibility index (Phi) is 6.84. The van der Waals surface area contributed by atoms with Gasteiger partial charge in [-0.3, -0.25) is 9.59 Å². The maximum atomic E-state index is 13.0. The molecule has 2 atom stereocenters. The first-order valence-corrected chi connectivity index (χ1v) is 11.1. The first-order valence-electron chi connectivity index (χ1n) is 10.8. The summed E-state index contributed by atoms with van der Waals surface area (Å²) in [6, 6.07) is 20.7. The number of rotatable bonds is 6. The average Bonchev–Trinajstić information content (AvgIpc) is 3.14. The van der Waals surface area contributed by atoms with Crippen molar-refractivity contribution in [3.05, 3.63) is 94.5 Å². The van der Waals surface area contributed by atoms with Crippen LogP contribution in [0, 0.1) is 0 Å². The van der Waals surface area contributed by atoms with Gasteiger partial charge in [0.15, 0.2) is 6.04 Å². The number of nitrogens with one attached hydrogen (secondary N) is 2. The number of carbonyl (C=O) groups is 2. The third-order valence-corrected chi connectivity index (χ3v) is 5.94. The van der Waals surface area contributed by atoms with Gasteiger partial charge in [-0.15, -0.1) is 10.1 Å². The third kappa shape index (κ3) is 5.05. The standard InChI is InChI=1S/C26H25ClN4O3/c1-30(2)21-12-4-17(5-13-21)16-31-24(18-8-14-22(34-3)15-9-18)23(26(33)29-31)28-25(32)19-6-10-20(27)11-7-19/h4-16,23-24H,1-3H3,(H-,28,29,32,33)/p+1/t23-,24-/m0/s1. The van der Waals surface area contributed by atoms with E-state index in [1.165, 1.54) is 0 Å². The topological polar surface area (TPSA) is 73.7 Å². The first-order chi connectivity index (χ1) is 16.4. The summed E-state index contributed by atoms with van der Waals surface area (Å²) in [5.41, 5.74) is 6.15. The van der Waals surface area contributed by atoms with Crippen LogP contribution in [-0.4, -0.2) is 50.0 Å². The lowest BCUT2D eigenvalue weighted by Crippen LogP contribution is -2.42. The van der Waals surface area contributed by atoms with E-state index in [9.17, 15) is 9.59 Å². The van der Waals surface area contributed by atoms with Crippen LogP contribution in [0.3, 0.4) is 0 Å². The van der Waals surface area contributed by atoms with E-state index in [0.29, 0.717) is 16.3 Å². The summed E-state index contributed by atoms with van der Waals surface area (Å²) in [5, 5.41) is 3.42. The molecule has 1 aliphatic heterocycles. The van der Waals surface area contributed by atoms with Gasteiger partial charge in [-0.05, 0) is 72.8 Å². The van der Waals surface area contributed by atoms with Crippen molar-refractivity contribution in [3.8, 4) is 5.75 Å². The van der Waals surface area contributed by atoms with Crippen molar-refractivity contribution in [1.82, 2.24) is 10.7 Å². The minimum atomic E-state index is -0.811. The Balaban J connectivity index is 1.68.